The van der Waals surface area contributed by atoms with Crippen LogP contribution in [0.25, 0.3) is 0 Å². The summed E-state index contributed by atoms with van der Waals surface area (Å²) in [7, 11) is 0. The fraction of sp³-hybridized carbons (Fsp3) is 0.556. The van der Waals surface area contributed by atoms with Crippen LogP contribution in [0.4, 0.5) is 13.2 Å². The summed E-state index contributed by atoms with van der Waals surface area (Å²) >= 11 is 6.56. The lowest BCUT2D eigenvalue weighted by molar-refractivity contribution is -0.168. The molecular formula is C9H12ClF3S. The standard InChI is InChI=1S/C9H12ClF3S/c1-6(9(11,12)13)4-7(2)14-8(3)5-10/h6H,2-5H2,1H3. The molecule has 14 heavy (non-hydrogen) atoms. The van der Waals surface area contributed by atoms with Crippen molar-refractivity contribution in [1.82, 2.24) is 0 Å². The molecule has 0 fully saturated rings. The van der Waals surface area contributed by atoms with Gasteiger partial charge in [0.2, 0.25) is 0 Å². The molecule has 0 aliphatic heterocycles. The molecule has 0 rings (SSSR count). The van der Waals surface area contributed by atoms with Crippen molar-refractivity contribution < 1.29 is 13.2 Å². The number of hydrogen-bond donors (Lipinski definition) is 0. The lowest BCUT2D eigenvalue weighted by atomic mass is 10.1. The van der Waals surface area contributed by atoms with Gasteiger partial charge < -0.3 is 0 Å². The molecule has 5 heteroatoms. The summed E-state index contributed by atoms with van der Waals surface area (Å²) in [5, 5.41) is 0. The molecule has 0 amide bonds. The van der Waals surface area contributed by atoms with Gasteiger partial charge in [0.1, 0.15) is 0 Å². The normalized spacial score (nSPS) is 13.8. The highest BCUT2D eigenvalue weighted by Gasteiger charge is 2.35. The van der Waals surface area contributed by atoms with Gasteiger partial charge in [-0.2, -0.15) is 13.2 Å². The van der Waals surface area contributed by atoms with Gasteiger partial charge in [-0.1, -0.05) is 31.8 Å². The van der Waals surface area contributed by atoms with Crippen molar-refractivity contribution >= 4 is 23.4 Å². The molecule has 0 radical (unpaired) electrons. The second-order valence-corrected chi connectivity index (χ2v) is 4.59. The van der Waals surface area contributed by atoms with Crippen LogP contribution in [0.2, 0.25) is 0 Å². The van der Waals surface area contributed by atoms with Crippen LogP contribution in [-0.4, -0.2) is 12.1 Å². The van der Waals surface area contributed by atoms with E-state index in [2.05, 4.69) is 13.2 Å². The van der Waals surface area contributed by atoms with E-state index in [0.717, 1.165) is 18.7 Å². The zero-order valence-electron chi connectivity index (χ0n) is 7.83. The Balaban J connectivity index is 4.01. The molecule has 0 aromatic rings. The van der Waals surface area contributed by atoms with E-state index in [1.807, 2.05) is 0 Å². The number of hydrogen-bond acceptors (Lipinski definition) is 1. The average molecular weight is 245 g/mol. The van der Waals surface area contributed by atoms with Gasteiger partial charge in [-0.15, -0.1) is 11.6 Å². The van der Waals surface area contributed by atoms with Crippen molar-refractivity contribution in [2.45, 2.75) is 19.5 Å². The summed E-state index contributed by atoms with van der Waals surface area (Å²) in [6, 6.07) is 0. The molecule has 0 saturated carbocycles. The van der Waals surface area contributed by atoms with Gasteiger partial charge in [-0.3, -0.25) is 0 Å². The summed E-state index contributed by atoms with van der Waals surface area (Å²) in [5.41, 5.74) is 0. The van der Waals surface area contributed by atoms with Crippen LogP contribution in [-0.2, 0) is 0 Å². The zero-order valence-corrected chi connectivity index (χ0v) is 9.40. The smallest absolute Gasteiger partial charge is 0.171 e. The number of thioether (sulfide) groups is 1. The van der Waals surface area contributed by atoms with Crippen molar-refractivity contribution in [3.05, 3.63) is 23.0 Å². The fourth-order valence-corrected chi connectivity index (χ4v) is 1.69. The Bertz CT molecular complexity index is 223. The maximum absolute atomic E-state index is 12.1. The summed E-state index contributed by atoms with van der Waals surface area (Å²) in [4.78, 5) is 1.06. The minimum atomic E-state index is -4.16. The second-order valence-electron chi connectivity index (χ2n) is 2.96. The molecule has 0 saturated heterocycles. The number of halogens is 4. The Kier molecular flexibility index (Phi) is 5.67. The molecule has 0 spiro atoms. The molecule has 1 atom stereocenters. The molecule has 0 nitrogen and oxygen atoms in total. The first-order valence-electron chi connectivity index (χ1n) is 3.93. The van der Waals surface area contributed by atoms with Crippen LogP contribution in [0, 0.1) is 5.92 Å². The molecule has 0 aromatic carbocycles. The highest BCUT2D eigenvalue weighted by molar-refractivity contribution is 8.06. The van der Waals surface area contributed by atoms with Gasteiger partial charge in [-0.25, -0.2) is 0 Å². The lowest BCUT2D eigenvalue weighted by Crippen LogP contribution is -2.19. The van der Waals surface area contributed by atoms with E-state index in [-0.39, 0.29) is 12.3 Å². The van der Waals surface area contributed by atoms with Gasteiger partial charge in [-0.05, 0) is 16.2 Å². The van der Waals surface area contributed by atoms with E-state index < -0.39 is 12.1 Å². The van der Waals surface area contributed by atoms with Crippen molar-refractivity contribution in [1.29, 1.82) is 0 Å². The minimum absolute atomic E-state index is 0.0932. The third kappa shape index (κ3) is 5.60. The van der Waals surface area contributed by atoms with Crippen LogP contribution in [0.3, 0.4) is 0 Å². The van der Waals surface area contributed by atoms with Crippen molar-refractivity contribution in [2.75, 3.05) is 5.88 Å². The lowest BCUT2D eigenvalue weighted by Gasteiger charge is -2.16. The third-order valence-electron chi connectivity index (χ3n) is 1.53. The third-order valence-corrected chi connectivity index (χ3v) is 2.90. The predicted molar refractivity (Wildman–Crippen MR) is 56.4 cm³/mol. The summed E-state index contributed by atoms with van der Waals surface area (Å²) in [6.07, 6.45) is -4.25. The molecule has 82 valence electrons. The van der Waals surface area contributed by atoms with E-state index in [1.54, 1.807) is 0 Å². The van der Waals surface area contributed by atoms with Crippen molar-refractivity contribution in [3.8, 4) is 0 Å². The summed E-state index contributed by atoms with van der Waals surface area (Å²) in [6.45, 7) is 8.25. The van der Waals surface area contributed by atoms with Crippen molar-refractivity contribution in [2.24, 2.45) is 5.92 Å². The van der Waals surface area contributed by atoms with Gasteiger partial charge in [0.25, 0.3) is 0 Å². The first kappa shape index (κ1) is 13.9. The Labute approximate surface area is 91.2 Å². The summed E-state index contributed by atoms with van der Waals surface area (Å²) < 4.78 is 36.4. The van der Waals surface area contributed by atoms with Gasteiger partial charge >= 0.3 is 6.18 Å². The summed E-state index contributed by atoms with van der Waals surface area (Å²) in [5.74, 6) is -1.14. The molecule has 0 aliphatic rings. The van der Waals surface area contributed by atoms with Gasteiger partial charge in [0, 0.05) is 0 Å². The van der Waals surface area contributed by atoms with Crippen LogP contribution < -0.4 is 0 Å². The minimum Gasteiger partial charge on any atom is -0.171 e. The molecule has 0 aromatic heterocycles. The molecular weight excluding hydrogens is 233 g/mol. The van der Waals surface area contributed by atoms with Gasteiger partial charge in [0.15, 0.2) is 0 Å². The first-order chi connectivity index (χ1) is 6.27. The second kappa shape index (κ2) is 5.71. The molecule has 1 unspecified atom stereocenters. The molecule has 0 heterocycles. The number of rotatable bonds is 5. The van der Waals surface area contributed by atoms with E-state index in [9.17, 15) is 13.2 Å². The van der Waals surface area contributed by atoms with E-state index in [4.69, 9.17) is 11.6 Å². The maximum atomic E-state index is 12.1. The Morgan fingerprint density at radius 3 is 2.21 bits per heavy atom. The highest BCUT2D eigenvalue weighted by Crippen LogP contribution is 2.35. The molecule has 0 aliphatic carbocycles. The molecule has 0 bridgehead atoms. The van der Waals surface area contributed by atoms with Crippen LogP contribution in [0.15, 0.2) is 23.0 Å². The van der Waals surface area contributed by atoms with Crippen LogP contribution in [0.1, 0.15) is 13.3 Å². The Morgan fingerprint density at radius 1 is 1.36 bits per heavy atom. The largest absolute Gasteiger partial charge is 0.391 e. The highest BCUT2D eigenvalue weighted by atomic mass is 35.5. The van der Waals surface area contributed by atoms with Crippen LogP contribution >= 0.6 is 23.4 Å². The maximum Gasteiger partial charge on any atom is 0.391 e. The first-order valence-corrected chi connectivity index (χ1v) is 5.28. The SMILES string of the molecule is C=C(CCl)SC(=C)CC(C)C(F)(F)F. The van der Waals surface area contributed by atoms with Crippen LogP contribution in [0.5, 0.6) is 0 Å². The Hall–Kier alpha value is -0.0900. The quantitative estimate of drug-likeness (QED) is 0.638. The average Bonchev–Trinajstić information content (AvgIpc) is 2.02. The number of allylic oxidation sites excluding steroid dienone is 2. The Morgan fingerprint density at radius 2 is 1.86 bits per heavy atom. The predicted octanol–water partition coefficient (Wildman–Crippen LogP) is 4.57. The van der Waals surface area contributed by atoms with E-state index >= 15 is 0 Å². The fourth-order valence-electron chi connectivity index (χ4n) is 0.730. The monoisotopic (exact) mass is 244 g/mol. The van der Waals surface area contributed by atoms with Crippen molar-refractivity contribution in [3.63, 3.8) is 0 Å². The number of alkyl halides is 4. The zero-order chi connectivity index (χ0) is 11.4. The van der Waals surface area contributed by atoms with E-state index in [0.29, 0.717) is 9.81 Å². The molecule has 0 N–H and O–H groups in total. The van der Waals surface area contributed by atoms with E-state index in [1.165, 1.54) is 0 Å². The van der Waals surface area contributed by atoms with Gasteiger partial charge in [0.05, 0.1) is 11.8 Å². The topological polar surface area (TPSA) is 0 Å².